The van der Waals surface area contributed by atoms with Gasteiger partial charge in [-0.3, -0.25) is 9.89 Å². The van der Waals surface area contributed by atoms with Gasteiger partial charge in [-0.05, 0) is 12.0 Å². The maximum atomic E-state index is 11.8. The van der Waals surface area contributed by atoms with Crippen LogP contribution in [0, 0.1) is 0 Å². The van der Waals surface area contributed by atoms with Crippen molar-refractivity contribution in [1.82, 2.24) is 10.2 Å². The van der Waals surface area contributed by atoms with Gasteiger partial charge in [0.1, 0.15) is 10.8 Å². The molecule has 0 spiro atoms. The minimum Gasteiger partial charge on any atom is -0.389 e. The molecule has 2 aromatic rings. The summed E-state index contributed by atoms with van der Waals surface area (Å²) in [6.45, 7) is 0. The third-order valence-corrected chi connectivity index (χ3v) is 2.87. The van der Waals surface area contributed by atoms with Gasteiger partial charge in [0.15, 0.2) is 0 Å². The van der Waals surface area contributed by atoms with E-state index in [4.69, 9.17) is 18.0 Å². The smallest absolute Gasteiger partial charge is 0.225 e. The van der Waals surface area contributed by atoms with Crippen LogP contribution in [0.25, 0.3) is 0 Å². The number of H-pyrrole nitrogens is 1. The summed E-state index contributed by atoms with van der Waals surface area (Å²) in [4.78, 5) is 12.0. The third-order valence-electron chi connectivity index (χ3n) is 2.65. The summed E-state index contributed by atoms with van der Waals surface area (Å²) in [7, 11) is 0. The van der Waals surface area contributed by atoms with E-state index < -0.39 is 0 Å². The van der Waals surface area contributed by atoms with Crippen molar-refractivity contribution in [3.05, 3.63) is 47.7 Å². The zero-order valence-corrected chi connectivity index (χ0v) is 11.0. The predicted octanol–water partition coefficient (Wildman–Crippen LogP) is 1.62. The fourth-order valence-corrected chi connectivity index (χ4v) is 1.83. The second-order valence-corrected chi connectivity index (χ2v) is 4.50. The van der Waals surface area contributed by atoms with E-state index in [9.17, 15) is 4.79 Å². The van der Waals surface area contributed by atoms with Gasteiger partial charge >= 0.3 is 0 Å². The van der Waals surface area contributed by atoms with Crippen LogP contribution in [-0.4, -0.2) is 21.1 Å². The first-order valence-electron chi connectivity index (χ1n) is 5.84. The van der Waals surface area contributed by atoms with Crippen LogP contribution in [-0.2, 0) is 11.2 Å². The molecule has 0 aliphatic rings. The fourth-order valence-electron chi connectivity index (χ4n) is 1.67. The molecule has 98 valence electrons. The first-order valence-corrected chi connectivity index (χ1v) is 6.24. The number of carbonyl (C=O) groups is 1. The molecule has 0 saturated heterocycles. The van der Waals surface area contributed by atoms with Crippen molar-refractivity contribution in [3.8, 4) is 0 Å². The van der Waals surface area contributed by atoms with Crippen molar-refractivity contribution in [2.45, 2.75) is 12.8 Å². The average Bonchev–Trinajstić information content (AvgIpc) is 2.86. The van der Waals surface area contributed by atoms with Crippen LogP contribution in [0.3, 0.4) is 0 Å². The Morgan fingerprint density at radius 3 is 2.79 bits per heavy atom. The normalized spacial score (nSPS) is 10.1. The first-order chi connectivity index (χ1) is 9.16. The highest BCUT2D eigenvalue weighted by Crippen LogP contribution is 2.11. The number of carbonyl (C=O) groups excluding carboxylic acids is 1. The molecule has 0 radical (unpaired) electrons. The Morgan fingerprint density at radius 1 is 1.37 bits per heavy atom. The summed E-state index contributed by atoms with van der Waals surface area (Å²) in [5.41, 5.74) is 7.19. The van der Waals surface area contributed by atoms with Crippen LogP contribution in [0.5, 0.6) is 0 Å². The topological polar surface area (TPSA) is 83.8 Å². The Hall–Kier alpha value is -2.21. The number of rotatable bonds is 5. The summed E-state index contributed by atoms with van der Waals surface area (Å²) >= 11 is 4.86. The molecule has 4 N–H and O–H groups in total. The quantitative estimate of drug-likeness (QED) is 0.723. The van der Waals surface area contributed by atoms with Crippen molar-refractivity contribution >= 4 is 28.9 Å². The lowest BCUT2D eigenvalue weighted by Crippen LogP contribution is -2.17. The molecule has 0 fully saturated rings. The molecule has 1 amide bonds. The number of aromatic nitrogens is 2. The van der Waals surface area contributed by atoms with E-state index >= 15 is 0 Å². The molecule has 0 atom stereocenters. The van der Waals surface area contributed by atoms with Crippen LogP contribution >= 0.6 is 12.2 Å². The SMILES string of the molecule is NC(=S)c1cn[nH]c1NC(=O)CCc1ccccc1. The summed E-state index contributed by atoms with van der Waals surface area (Å²) in [6, 6.07) is 9.83. The van der Waals surface area contributed by atoms with Crippen LogP contribution in [0.15, 0.2) is 36.5 Å². The number of nitrogens with one attached hydrogen (secondary N) is 2. The molecule has 6 heteroatoms. The molecule has 0 aliphatic carbocycles. The zero-order valence-electron chi connectivity index (χ0n) is 10.2. The van der Waals surface area contributed by atoms with Crippen LogP contribution < -0.4 is 11.1 Å². The minimum absolute atomic E-state index is 0.106. The summed E-state index contributed by atoms with van der Waals surface area (Å²) in [5, 5.41) is 9.19. The monoisotopic (exact) mass is 274 g/mol. The fraction of sp³-hybridized carbons (Fsp3) is 0.154. The molecule has 0 saturated carbocycles. The predicted molar refractivity (Wildman–Crippen MR) is 77.9 cm³/mol. The highest BCUT2D eigenvalue weighted by atomic mass is 32.1. The van der Waals surface area contributed by atoms with Crippen LogP contribution in [0.4, 0.5) is 5.82 Å². The Labute approximate surface area is 116 Å². The van der Waals surface area contributed by atoms with Crippen molar-refractivity contribution in [1.29, 1.82) is 0 Å². The van der Waals surface area contributed by atoms with Crippen molar-refractivity contribution in [3.63, 3.8) is 0 Å². The average molecular weight is 274 g/mol. The Morgan fingerprint density at radius 2 is 2.11 bits per heavy atom. The summed E-state index contributed by atoms with van der Waals surface area (Å²) in [6.07, 6.45) is 2.57. The number of amides is 1. The molecule has 0 unspecified atom stereocenters. The first kappa shape index (κ1) is 13.2. The van der Waals surface area contributed by atoms with Gasteiger partial charge in [-0.15, -0.1) is 0 Å². The van der Waals surface area contributed by atoms with Gasteiger partial charge < -0.3 is 11.1 Å². The van der Waals surface area contributed by atoms with Gasteiger partial charge in [0.05, 0.1) is 11.8 Å². The van der Waals surface area contributed by atoms with E-state index in [1.54, 1.807) is 0 Å². The lowest BCUT2D eigenvalue weighted by molar-refractivity contribution is -0.116. The van der Waals surface area contributed by atoms with E-state index in [1.807, 2.05) is 30.3 Å². The number of hydrogen-bond acceptors (Lipinski definition) is 3. The number of nitrogens with two attached hydrogens (primary N) is 1. The van der Waals surface area contributed by atoms with Gasteiger partial charge in [0.25, 0.3) is 0 Å². The number of anilines is 1. The largest absolute Gasteiger partial charge is 0.389 e. The summed E-state index contributed by atoms with van der Waals surface area (Å²) in [5.74, 6) is 0.344. The third kappa shape index (κ3) is 3.62. The molecule has 1 heterocycles. The molecule has 1 aromatic heterocycles. The van der Waals surface area contributed by atoms with Gasteiger partial charge in [0.2, 0.25) is 5.91 Å². The van der Waals surface area contributed by atoms with E-state index in [2.05, 4.69) is 15.5 Å². The van der Waals surface area contributed by atoms with E-state index in [0.717, 1.165) is 5.56 Å². The Balaban J connectivity index is 1.91. The van der Waals surface area contributed by atoms with E-state index in [-0.39, 0.29) is 10.9 Å². The van der Waals surface area contributed by atoms with Crippen LogP contribution in [0.2, 0.25) is 0 Å². The second kappa shape index (κ2) is 6.10. The van der Waals surface area contributed by atoms with Gasteiger partial charge in [-0.25, -0.2) is 0 Å². The Bertz CT molecular complexity index is 579. The number of aromatic amines is 1. The zero-order chi connectivity index (χ0) is 13.7. The molecule has 19 heavy (non-hydrogen) atoms. The Kier molecular flexibility index (Phi) is 4.25. The molecular formula is C13H14N4OS. The minimum atomic E-state index is -0.106. The highest BCUT2D eigenvalue weighted by molar-refractivity contribution is 7.80. The molecular weight excluding hydrogens is 260 g/mol. The molecule has 5 nitrogen and oxygen atoms in total. The number of benzene rings is 1. The number of aryl methyl sites for hydroxylation is 1. The van der Waals surface area contributed by atoms with E-state index in [1.165, 1.54) is 6.20 Å². The lowest BCUT2D eigenvalue weighted by Gasteiger charge is -2.05. The maximum Gasteiger partial charge on any atom is 0.225 e. The maximum absolute atomic E-state index is 11.8. The molecule has 0 aliphatic heterocycles. The number of thiocarbonyl (C=S) groups is 1. The number of hydrogen-bond donors (Lipinski definition) is 3. The van der Waals surface area contributed by atoms with Crippen LogP contribution in [0.1, 0.15) is 17.5 Å². The highest BCUT2D eigenvalue weighted by Gasteiger charge is 2.10. The van der Waals surface area contributed by atoms with Gasteiger partial charge in [-0.2, -0.15) is 5.10 Å². The summed E-state index contributed by atoms with van der Waals surface area (Å²) < 4.78 is 0. The number of nitrogens with zero attached hydrogens (tertiary/aromatic N) is 1. The molecule has 1 aromatic carbocycles. The van der Waals surface area contributed by atoms with Gasteiger partial charge in [0, 0.05) is 6.42 Å². The van der Waals surface area contributed by atoms with E-state index in [0.29, 0.717) is 24.2 Å². The standard InChI is InChI=1S/C13H14N4OS/c14-12(19)10-8-15-17-13(10)16-11(18)7-6-9-4-2-1-3-5-9/h1-5,8H,6-7H2,(H2,14,19)(H2,15,16,17,18). The van der Waals surface area contributed by atoms with Crippen molar-refractivity contribution < 1.29 is 4.79 Å². The van der Waals surface area contributed by atoms with Gasteiger partial charge in [-0.1, -0.05) is 42.5 Å². The lowest BCUT2D eigenvalue weighted by atomic mass is 10.1. The van der Waals surface area contributed by atoms with Crippen molar-refractivity contribution in [2.24, 2.45) is 5.73 Å². The molecule has 2 rings (SSSR count). The van der Waals surface area contributed by atoms with Crippen molar-refractivity contribution in [2.75, 3.05) is 5.32 Å². The molecule has 0 bridgehead atoms. The second-order valence-electron chi connectivity index (χ2n) is 4.06.